The smallest absolute Gasteiger partial charge is 0.317 e. The fourth-order valence-electron chi connectivity index (χ4n) is 2.90. The predicted octanol–water partition coefficient (Wildman–Crippen LogP) is 2.40. The molecule has 1 aliphatic rings. The predicted molar refractivity (Wildman–Crippen MR) is 86.3 cm³/mol. The molecule has 1 saturated heterocycles. The van der Waals surface area contributed by atoms with Gasteiger partial charge in [-0.05, 0) is 30.0 Å². The first-order chi connectivity index (χ1) is 10.9. The minimum Gasteiger partial charge on any atom is -0.349 e. The number of nitrogens with one attached hydrogen (secondary N) is 1. The average Bonchev–Trinajstić information content (AvgIpc) is 2.89. The molecule has 1 aromatic rings. The molecule has 0 spiro atoms. The highest BCUT2D eigenvalue weighted by atomic mass is 19.1. The Labute approximate surface area is 136 Å². The lowest BCUT2D eigenvalue weighted by molar-refractivity contribution is -0.128. The minimum atomic E-state index is -0.293. The third-order valence-electron chi connectivity index (χ3n) is 4.12. The number of amides is 3. The molecule has 0 aromatic heterocycles. The van der Waals surface area contributed by atoms with E-state index in [1.807, 2.05) is 6.07 Å². The van der Waals surface area contributed by atoms with Gasteiger partial charge < -0.3 is 15.1 Å². The van der Waals surface area contributed by atoms with Gasteiger partial charge in [0.05, 0.1) is 6.04 Å². The molecule has 1 aromatic carbocycles. The van der Waals surface area contributed by atoms with Gasteiger partial charge in [-0.3, -0.25) is 4.79 Å². The Morgan fingerprint density at radius 3 is 2.78 bits per heavy atom. The Morgan fingerprint density at radius 1 is 1.39 bits per heavy atom. The van der Waals surface area contributed by atoms with E-state index in [2.05, 4.69) is 12.2 Å². The maximum Gasteiger partial charge on any atom is 0.317 e. The summed E-state index contributed by atoms with van der Waals surface area (Å²) in [6.07, 6.45) is 1.08. The molecule has 2 atom stereocenters. The lowest BCUT2D eigenvalue weighted by Gasteiger charge is -2.25. The van der Waals surface area contributed by atoms with Crippen LogP contribution in [0.4, 0.5) is 9.18 Å². The van der Waals surface area contributed by atoms with E-state index in [0.29, 0.717) is 19.0 Å². The molecular weight excluding hydrogens is 297 g/mol. The number of carbonyl (C=O) groups is 2. The number of rotatable bonds is 4. The second kappa shape index (κ2) is 7.44. The zero-order chi connectivity index (χ0) is 17.0. The summed E-state index contributed by atoms with van der Waals surface area (Å²) in [5.74, 6) is 0.0400. The zero-order valence-electron chi connectivity index (χ0n) is 13.9. The van der Waals surface area contributed by atoms with Crippen molar-refractivity contribution in [1.29, 1.82) is 0 Å². The van der Waals surface area contributed by atoms with Crippen LogP contribution in [0.3, 0.4) is 0 Å². The van der Waals surface area contributed by atoms with Crippen LogP contribution in [-0.4, -0.2) is 48.9 Å². The van der Waals surface area contributed by atoms with Crippen molar-refractivity contribution >= 4 is 11.9 Å². The summed E-state index contributed by atoms with van der Waals surface area (Å²) in [5.41, 5.74) is 0.814. The summed E-state index contributed by atoms with van der Waals surface area (Å²) >= 11 is 0. The van der Waals surface area contributed by atoms with Gasteiger partial charge in [0.2, 0.25) is 5.91 Å². The van der Waals surface area contributed by atoms with Gasteiger partial charge in [0, 0.05) is 33.6 Å². The highest BCUT2D eigenvalue weighted by molar-refractivity contribution is 5.78. The van der Waals surface area contributed by atoms with E-state index in [1.165, 1.54) is 17.0 Å². The second-order valence-corrected chi connectivity index (χ2v) is 6.33. The molecule has 126 valence electrons. The fourth-order valence-corrected chi connectivity index (χ4v) is 2.90. The topological polar surface area (TPSA) is 52.7 Å². The van der Waals surface area contributed by atoms with E-state index < -0.39 is 0 Å². The van der Waals surface area contributed by atoms with Crippen LogP contribution in [-0.2, 0) is 4.79 Å². The maximum absolute atomic E-state index is 13.5. The number of likely N-dealkylation sites (tertiary alicyclic amines) is 1. The number of nitrogens with zero attached hydrogens (tertiary/aromatic N) is 2. The molecule has 0 unspecified atom stereocenters. The SMILES string of the molecule is C[C@@H]1C[C@H](c2cccc(F)c2)N(C(=O)NCCC(=O)N(C)C)C1. The normalized spacial score (nSPS) is 20.4. The Balaban J connectivity index is 1.99. The van der Waals surface area contributed by atoms with Crippen LogP contribution in [0.2, 0.25) is 0 Å². The molecule has 23 heavy (non-hydrogen) atoms. The van der Waals surface area contributed by atoms with Crippen molar-refractivity contribution < 1.29 is 14.0 Å². The van der Waals surface area contributed by atoms with Gasteiger partial charge in [0.25, 0.3) is 0 Å². The summed E-state index contributed by atoms with van der Waals surface area (Å²) in [7, 11) is 3.37. The number of hydrogen-bond donors (Lipinski definition) is 1. The molecule has 1 heterocycles. The first-order valence-corrected chi connectivity index (χ1v) is 7.88. The number of carbonyl (C=O) groups excluding carboxylic acids is 2. The average molecular weight is 321 g/mol. The highest BCUT2D eigenvalue weighted by Gasteiger charge is 2.34. The van der Waals surface area contributed by atoms with Gasteiger partial charge in [-0.25, -0.2) is 9.18 Å². The van der Waals surface area contributed by atoms with Crippen molar-refractivity contribution in [1.82, 2.24) is 15.1 Å². The molecule has 3 amide bonds. The Kier molecular flexibility index (Phi) is 5.58. The number of urea groups is 1. The first kappa shape index (κ1) is 17.2. The van der Waals surface area contributed by atoms with E-state index in [9.17, 15) is 14.0 Å². The second-order valence-electron chi connectivity index (χ2n) is 6.33. The third kappa shape index (κ3) is 4.43. The van der Waals surface area contributed by atoms with Crippen LogP contribution < -0.4 is 5.32 Å². The van der Waals surface area contributed by atoms with Gasteiger partial charge in [0.1, 0.15) is 5.82 Å². The lowest BCUT2D eigenvalue weighted by atomic mass is 10.0. The van der Waals surface area contributed by atoms with Crippen molar-refractivity contribution in [3.05, 3.63) is 35.6 Å². The van der Waals surface area contributed by atoms with Gasteiger partial charge in [0.15, 0.2) is 0 Å². The lowest BCUT2D eigenvalue weighted by Crippen LogP contribution is -2.41. The van der Waals surface area contributed by atoms with Crippen LogP contribution in [0.1, 0.15) is 31.4 Å². The van der Waals surface area contributed by atoms with E-state index in [0.717, 1.165) is 12.0 Å². The van der Waals surface area contributed by atoms with Gasteiger partial charge >= 0.3 is 6.03 Å². The van der Waals surface area contributed by atoms with E-state index in [4.69, 9.17) is 0 Å². The van der Waals surface area contributed by atoms with Crippen molar-refractivity contribution in [2.24, 2.45) is 5.92 Å². The minimum absolute atomic E-state index is 0.0261. The van der Waals surface area contributed by atoms with Crippen LogP contribution in [0.25, 0.3) is 0 Å². The standard InChI is InChI=1S/C17H24FN3O2/c1-12-9-15(13-5-4-6-14(18)10-13)21(11-12)17(23)19-8-7-16(22)20(2)3/h4-6,10,12,15H,7-9,11H2,1-3H3,(H,19,23)/t12-,15-/m1/s1. The molecule has 2 rings (SSSR count). The van der Waals surface area contributed by atoms with E-state index >= 15 is 0 Å². The molecule has 0 saturated carbocycles. The number of hydrogen-bond acceptors (Lipinski definition) is 2. The van der Waals surface area contributed by atoms with Crippen LogP contribution >= 0.6 is 0 Å². The third-order valence-corrected chi connectivity index (χ3v) is 4.12. The number of halogens is 1. The molecule has 0 radical (unpaired) electrons. The largest absolute Gasteiger partial charge is 0.349 e. The van der Waals surface area contributed by atoms with Gasteiger partial charge in [-0.2, -0.15) is 0 Å². The van der Waals surface area contributed by atoms with Crippen molar-refractivity contribution in [3.63, 3.8) is 0 Å². The van der Waals surface area contributed by atoms with Gasteiger partial charge in [-0.1, -0.05) is 19.1 Å². The van der Waals surface area contributed by atoms with Crippen molar-refractivity contribution in [3.8, 4) is 0 Å². The summed E-state index contributed by atoms with van der Waals surface area (Å²) in [6, 6.07) is 6.08. The summed E-state index contributed by atoms with van der Waals surface area (Å²) in [5, 5.41) is 2.79. The molecule has 1 fully saturated rings. The monoisotopic (exact) mass is 321 g/mol. The summed E-state index contributed by atoms with van der Waals surface area (Å²) < 4.78 is 13.5. The van der Waals surface area contributed by atoms with Crippen LogP contribution in [0.5, 0.6) is 0 Å². The zero-order valence-corrected chi connectivity index (χ0v) is 13.9. The molecule has 1 aliphatic heterocycles. The molecular formula is C17H24FN3O2. The highest BCUT2D eigenvalue weighted by Crippen LogP contribution is 2.35. The van der Waals surface area contributed by atoms with E-state index in [-0.39, 0.29) is 30.2 Å². The maximum atomic E-state index is 13.5. The van der Waals surface area contributed by atoms with Gasteiger partial charge in [-0.15, -0.1) is 0 Å². The molecule has 0 bridgehead atoms. The molecule has 1 N–H and O–H groups in total. The molecule has 0 aliphatic carbocycles. The molecule has 5 nitrogen and oxygen atoms in total. The van der Waals surface area contributed by atoms with E-state index in [1.54, 1.807) is 25.1 Å². The Bertz CT molecular complexity index is 577. The molecule has 6 heteroatoms. The van der Waals surface area contributed by atoms with Crippen molar-refractivity contribution in [2.45, 2.75) is 25.8 Å². The Hall–Kier alpha value is -2.11. The van der Waals surface area contributed by atoms with Crippen LogP contribution in [0, 0.1) is 11.7 Å². The number of benzene rings is 1. The fraction of sp³-hybridized carbons (Fsp3) is 0.529. The quantitative estimate of drug-likeness (QED) is 0.926. The first-order valence-electron chi connectivity index (χ1n) is 7.88. The summed E-state index contributed by atoms with van der Waals surface area (Å²) in [4.78, 5) is 27.2. The van der Waals surface area contributed by atoms with Crippen molar-refractivity contribution in [2.75, 3.05) is 27.2 Å². The summed E-state index contributed by atoms with van der Waals surface area (Å²) in [6.45, 7) is 3.01. The Morgan fingerprint density at radius 2 is 2.13 bits per heavy atom. The van der Waals surface area contributed by atoms with Crippen LogP contribution in [0.15, 0.2) is 24.3 Å².